The van der Waals surface area contributed by atoms with Gasteiger partial charge in [-0.05, 0) is 36.2 Å². The second-order valence-electron chi connectivity index (χ2n) is 5.59. The Morgan fingerprint density at radius 1 is 0.926 bits per heavy atom. The maximum atomic E-state index is 12.3. The molecule has 0 saturated heterocycles. The number of esters is 1. The highest BCUT2D eigenvalue weighted by Crippen LogP contribution is 2.38. The minimum atomic E-state index is -0.675. The van der Waals surface area contributed by atoms with Crippen LogP contribution >= 0.6 is 0 Å². The molecule has 1 amide bonds. The second kappa shape index (κ2) is 9.47. The summed E-state index contributed by atoms with van der Waals surface area (Å²) < 4.78 is 20.7. The van der Waals surface area contributed by atoms with Gasteiger partial charge in [0, 0.05) is 5.69 Å². The molecule has 0 aliphatic rings. The first-order chi connectivity index (χ1) is 13.0. The van der Waals surface area contributed by atoms with E-state index in [2.05, 4.69) is 12.2 Å². The molecule has 0 atom stereocenters. The predicted octanol–water partition coefficient (Wildman–Crippen LogP) is 3.07. The zero-order valence-corrected chi connectivity index (χ0v) is 15.8. The van der Waals surface area contributed by atoms with Gasteiger partial charge in [-0.2, -0.15) is 0 Å². The average molecular weight is 373 g/mol. The third-order valence-corrected chi connectivity index (χ3v) is 3.88. The molecule has 0 unspecified atom stereocenters. The monoisotopic (exact) mass is 373 g/mol. The van der Waals surface area contributed by atoms with E-state index >= 15 is 0 Å². The predicted molar refractivity (Wildman–Crippen MR) is 101 cm³/mol. The lowest BCUT2D eigenvalue weighted by Gasteiger charge is -2.13. The number of anilines is 1. The van der Waals surface area contributed by atoms with Gasteiger partial charge in [0.05, 0.1) is 26.9 Å². The largest absolute Gasteiger partial charge is 0.493 e. The van der Waals surface area contributed by atoms with Gasteiger partial charge in [0.15, 0.2) is 18.1 Å². The van der Waals surface area contributed by atoms with Crippen LogP contribution in [0.1, 0.15) is 22.8 Å². The van der Waals surface area contributed by atoms with Gasteiger partial charge in [-0.25, -0.2) is 4.79 Å². The van der Waals surface area contributed by atoms with Crippen molar-refractivity contribution in [3.63, 3.8) is 0 Å². The Morgan fingerprint density at radius 2 is 1.52 bits per heavy atom. The molecule has 2 aromatic carbocycles. The minimum Gasteiger partial charge on any atom is -0.493 e. The van der Waals surface area contributed by atoms with E-state index < -0.39 is 18.5 Å². The van der Waals surface area contributed by atoms with Crippen LogP contribution in [-0.4, -0.2) is 39.8 Å². The molecule has 1 N–H and O–H groups in total. The smallest absolute Gasteiger partial charge is 0.338 e. The fourth-order valence-corrected chi connectivity index (χ4v) is 2.43. The normalized spacial score (nSPS) is 10.1. The van der Waals surface area contributed by atoms with Crippen molar-refractivity contribution in [3.8, 4) is 17.2 Å². The molecule has 0 fully saturated rings. The van der Waals surface area contributed by atoms with Crippen molar-refractivity contribution < 1.29 is 28.5 Å². The van der Waals surface area contributed by atoms with Crippen LogP contribution in [0.15, 0.2) is 36.4 Å². The molecule has 0 aliphatic carbocycles. The van der Waals surface area contributed by atoms with Crippen LogP contribution in [0.2, 0.25) is 0 Å². The van der Waals surface area contributed by atoms with E-state index in [0.29, 0.717) is 22.9 Å². The van der Waals surface area contributed by atoms with Gasteiger partial charge in [0.1, 0.15) is 0 Å². The van der Waals surface area contributed by atoms with Gasteiger partial charge in [-0.15, -0.1) is 0 Å². The fraction of sp³-hybridized carbons (Fsp3) is 0.300. The standard InChI is InChI=1S/C20H23NO6/c1-5-13-6-8-15(9-7-13)21-18(22)12-27-20(23)14-10-16(24-2)19(26-4)17(11-14)25-3/h6-11H,5,12H2,1-4H3,(H,21,22). The molecule has 7 heteroatoms. The average Bonchev–Trinajstić information content (AvgIpc) is 2.71. The van der Waals surface area contributed by atoms with Gasteiger partial charge in [0.25, 0.3) is 5.91 Å². The van der Waals surface area contributed by atoms with E-state index in [-0.39, 0.29) is 5.56 Å². The van der Waals surface area contributed by atoms with E-state index in [9.17, 15) is 9.59 Å². The summed E-state index contributed by atoms with van der Waals surface area (Å²) in [5, 5.41) is 2.68. The maximum absolute atomic E-state index is 12.3. The molecule has 7 nitrogen and oxygen atoms in total. The molecule has 0 radical (unpaired) electrons. The molecule has 2 aromatic rings. The molecular formula is C20H23NO6. The van der Waals surface area contributed by atoms with Gasteiger partial charge in [0.2, 0.25) is 5.75 Å². The highest BCUT2D eigenvalue weighted by Gasteiger charge is 2.18. The summed E-state index contributed by atoms with van der Waals surface area (Å²) in [6, 6.07) is 10.4. The molecule has 2 rings (SSSR count). The first kappa shape index (κ1) is 20.1. The van der Waals surface area contributed by atoms with Crippen molar-refractivity contribution in [2.45, 2.75) is 13.3 Å². The Labute approximate surface area is 158 Å². The summed E-state index contributed by atoms with van der Waals surface area (Å²) in [4.78, 5) is 24.3. The van der Waals surface area contributed by atoms with Crippen LogP contribution in [0.3, 0.4) is 0 Å². The van der Waals surface area contributed by atoms with E-state index in [1.165, 1.54) is 39.0 Å². The maximum Gasteiger partial charge on any atom is 0.338 e. The van der Waals surface area contributed by atoms with E-state index in [1.807, 2.05) is 12.1 Å². The van der Waals surface area contributed by atoms with E-state index in [1.54, 1.807) is 12.1 Å². The van der Waals surface area contributed by atoms with Crippen molar-refractivity contribution in [1.29, 1.82) is 0 Å². The number of benzene rings is 2. The number of carbonyl (C=O) groups excluding carboxylic acids is 2. The third-order valence-electron chi connectivity index (χ3n) is 3.88. The molecular weight excluding hydrogens is 350 g/mol. The Morgan fingerprint density at radius 3 is 2.00 bits per heavy atom. The number of aryl methyl sites for hydroxylation is 1. The zero-order chi connectivity index (χ0) is 19.8. The zero-order valence-electron chi connectivity index (χ0n) is 15.8. The van der Waals surface area contributed by atoms with Crippen molar-refractivity contribution in [2.24, 2.45) is 0 Å². The quantitative estimate of drug-likeness (QED) is 0.716. The number of rotatable bonds is 8. The van der Waals surface area contributed by atoms with Gasteiger partial charge in [-0.3, -0.25) is 4.79 Å². The summed E-state index contributed by atoms with van der Waals surface area (Å²) in [7, 11) is 4.36. The van der Waals surface area contributed by atoms with Crippen LogP contribution in [0.4, 0.5) is 5.69 Å². The van der Waals surface area contributed by atoms with Gasteiger partial charge >= 0.3 is 5.97 Å². The number of ether oxygens (including phenoxy) is 4. The Hall–Kier alpha value is -3.22. The number of carbonyl (C=O) groups is 2. The van der Waals surface area contributed by atoms with Gasteiger partial charge in [-0.1, -0.05) is 19.1 Å². The topological polar surface area (TPSA) is 83.1 Å². The lowest BCUT2D eigenvalue weighted by atomic mass is 10.1. The Kier molecular flexibility index (Phi) is 7.05. The van der Waals surface area contributed by atoms with Crippen molar-refractivity contribution in [2.75, 3.05) is 33.3 Å². The second-order valence-corrected chi connectivity index (χ2v) is 5.59. The van der Waals surface area contributed by atoms with Crippen LogP contribution in [0, 0.1) is 0 Å². The first-order valence-corrected chi connectivity index (χ1v) is 8.38. The first-order valence-electron chi connectivity index (χ1n) is 8.38. The van der Waals surface area contributed by atoms with Gasteiger partial charge < -0.3 is 24.3 Å². The lowest BCUT2D eigenvalue weighted by Crippen LogP contribution is -2.21. The summed E-state index contributed by atoms with van der Waals surface area (Å²) in [6.07, 6.45) is 0.917. The van der Waals surface area contributed by atoms with Crippen molar-refractivity contribution in [1.82, 2.24) is 0 Å². The van der Waals surface area contributed by atoms with E-state index in [0.717, 1.165) is 6.42 Å². The van der Waals surface area contributed by atoms with E-state index in [4.69, 9.17) is 18.9 Å². The molecule has 0 aliphatic heterocycles. The Balaban J connectivity index is 2.01. The highest BCUT2D eigenvalue weighted by atomic mass is 16.5. The summed E-state index contributed by atoms with van der Waals surface area (Å²) >= 11 is 0. The molecule has 0 aromatic heterocycles. The number of nitrogens with one attached hydrogen (secondary N) is 1. The summed E-state index contributed by atoms with van der Waals surface area (Å²) in [6.45, 7) is 1.64. The fourth-order valence-electron chi connectivity index (χ4n) is 2.43. The minimum absolute atomic E-state index is 0.185. The Bertz CT molecular complexity index is 776. The van der Waals surface area contributed by atoms with Crippen molar-refractivity contribution >= 4 is 17.6 Å². The number of amides is 1. The molecule has 27 heavy (non-hydrogen) atoms. The summed E-state index contributed by atoms with van der Waals surface area (Å²) in [5.74, 6) is -0.0934. The number of hydrogen-bond acceptors (Lipinski definition) is 6. The van der Waals surface area contributed by atoms with Crippen LogP contribution < -0.4 is 19.5 Å². The third kappa shape index (κ3) is 5.13. The lowest BCUT2D eigenvalue weighted by molar-refractivity contribution is -0.119. The molecule has 0 heterocycles. The number of methoxy groups -OCH3 is 3. The van der Waals surface area contributed by atoms with Crippen LogP contribution in [0.25, 0.3) is 0 Å². The molecule has 0 spiro atoms. The number of hydrogen-bond donors (Lipinski definition) is 1. The molecule has 0 saturated carbocycles. The highest BCUT2D eigenvalue weighted by molar-refractivity contribution is 5.96. The molecule has 0 bridgehead atoms. The molecule has 144 valence electrons. The van der Waals surface area contributed by atoms with Crippen LogP contribution in [0.5, 0.6) is 17.2 Å². The SMILES string of the molecule is CCc1ccc(NC(=O)COC(=O)c2cc(OC)c(OC)c(OC)c2)cc1. The van der Waals surface area contributed by atoms with Crippen molar-refractivity contribution in [3.05, 3.63) is 47.5 Å². The summed E-state index contributed by atoms with van der Waals surface area (Å²) in [5.41, 5.74) is 1.99. The van der Waals surface area contributed by atoms with Crippen LogP contribution in [-0.2, 0) is 16.0 Å².